The Bertz CT molecular complexity index is 324. The second kappa shape index (κ2) is 4.67. The third kappa shape index (κ3) is 2.32. The van der Waals surface area contributed by atoms with Gasteiger partial charge in [-0.1, -0.05) is 25.1 Å². The van der Waals surface area contributed by atoms with Gasteiger partial charge in [-0.3, -0.25) is 0 Å². The highest BCUT2D eigenvalue weighted by Gasteiger charge is 2.22. The molecule has 0 aliphatic carbocycles. The number of rotatable bonds is 3. The second-order valence-corrected chi connectivity index (χ2v) is 4.45. The van der Waals surface area contributed by atoms with Crippen LogP contribution in [0.4, 0.5) is 0 Å². The molecular weight excluding hydrogens is 186 g/mol. The molecule has 1 aliphatic rings. The Kier molecular flexibility index (Phi) is 3.27. The van der Waals surface area contributed by atoms with E-state index in [9.17, 15) is 0 Å². The molecule has 0 aromatic heterocycles. The Balaban J connectivity index is 2.15. The minimum atomic E-state index is 0.598. The summed E-state index contributed by atoms with van der Waals surface area (Å²) in [5.74, 6) is 2.30. The number of hydrogen-bond acceptors (Lipinski definition) is 2. The van der Waals surface area contributed by atoms with Gasteiger partial charge >= 0.3 is 0 Å². The van der Waals surface area contributed by atoms with Gasteiger partial charge in [-0.05, 0) is 42.9 Å². The lowest BCUT2D eigenvalue weighted by molar-refractivity contribution is 0.254. The fourth-order valence-corrected chi connectivity index (χ4v) is 2.24. The lowest BCUT2D eigenvalue weighted by Gasteiger charge is -2.27. The van der Waals surface area contributed by atoms with Crippen LogP contribution in [0.2, 0.25) is 0 Å². The summed E-state index contributed by atoms with van der Waals surface area (Å²) in [6.07, 6.45) is 2.30. The molecule has 1 aliphatic heterocycles. The fourth-order valence-electron chi connectivity index (χ4n) is 2.24. The van der Waals surface area contributed by atoms with Crippen LogP contribution in [0.15, 0.2) is 24.3 Å². The van der Waals surface area contributed by atoms with E-state index in [1.54, 1.807) is 0 Å². The van der Waals surface area contributed by atoms with Crippen LogP contribution < -0.4 is 10.5 Å². The lowest BCUT2D eigenvalue weighted by atomic mass is 9.85. The minimum absolute atomic E-state index is 0.598. The first kappa shape index (κ1) is 10.5. The molecule has 2 unspecified atom stereocenters. The standard InChI is InChI=1S/C13H19NO/c1-10(9-14)8-11-6-7-15-13-5-3-2-4-12(11)13/h2-5,10-11H,6-9,14H2,1H3. The predicted molar refractivity (Wildman–Crippen MR) is 62.1 cm³/mol. The number of ether oxygens (including phenoxy) is 1. The van der Waals surface area contributed by atoms with E-state index in [4.69, 9.17) is 10.5 Å². The van der Waals surface area contributed by atoms with Crippen molar-refractivity contribution in [1.29, 1.82) is 0 Å². The van der Waals surface area contributed by atoms with Crippen molar-refractivity contribution in [3.63, 3.8) is 0 Å². The lowest BCUT2D eigenvalue weighted by Crippen LogP contribution is -2.19. The van der Waals surface area contributed by atoms with Crippen molar-refractivity contribution in [3.05, 3.63) is 29.8 Å². The van der Waals surface area contributed by atoms with Crippen molar-refractivity contribution < 1.29 is 4.74 Å². The van der Waals surface area contributed by atoms with E-state index in [0.29, 0.717) is 11.8 Å². The zero-order valence-electron chi connectivity index (χ0n) is 9.28. The summed E-state index contributed by atoms with van der Waals surface area (Å²) in [6, 6.07) is 8.37. The molecule has 0 fully saturated rings. The fraction of sp³-hybridized carbons (Fsp3) is 0.538. The molecule has 2 rings (SSSR count). The van der Waals surface area contributed by atoms with E-state index in [1.807, 2.05) is 6.07 Å². The molecule has 1 heterocycles. The maximum Gasteiger partial charge on any atom is 0.122 e. The van der Waals surface area contributed by atoms with Gasteiger partial charge in [-0.2, -0.15) is 0 Å². The summed E-state index contributed by atoms with van der Waals surface area (Å²) in [4.78, 5) is 0. The molecule has 1 aromatic rings. The normalized spacial score (nSPS) is 21.6. The van der Waals surface area contributed by atoms with E-state index in [0.717, 1.165) is 25.3 Å². The van der Waals surface area contributed by atoms with Gasteiger partial charge in [0.1, 0.15) is 5.75 Å². The van der Waals surface area contributed by atoms with E-state index < -0.39 is 0 Å². The Morgan fingerprint density at radius 2 is 2.27 bits per heavy atom. The Morgan fingerprint density at radius 1 is 1.47 bits per heavy atom. The number of nitrogens with two attached hydrogens (primary N) is 1. The monoisotopic (exact) mass is 205 g/mol. The first-order valence-corrected chi connectivity index (χ1v) is 5.73. The van der Waals surface area contributed by atoms with Gasteiger partial charge in [0.05, 0.1) is 6.61 Å². The maximum absolute atomic E-state index is 5.68. The summed E-state index contributed by atoms with van der Waals surface area (Å²) in [6.45, 7) is 3.84. The SMILES string of the molecule is CC(CN)CC1CCOc2ccccc21. The van der Waals surface area contributed by atoms with Gasteiger partial charge in [0.2, 0.25) is 0 Å². The van der Waals surface area contributed by atoms with Crippen molar-refractivity contribution in [2.75, 3.05) is 13.2 Å². The van der Waals surface area contributed by atoms with E-state index in [-0.39, 0.29) is 0 Å². The van der Waals surface area contributed by atoms with Gasteiger partial charge in [-0.25, -0.2) is 0 Å². The summed E-state index contributed by atoms with van der Waals surface area (Å²) in [7, 11) is 0. The number of para-hydroxylation sites is 1. The van der Waals surface area contributed by atoms with Gasteiger partial charge < -0.3 is 10.5 Å². The third-order valence-corrected chi connectivity index (χ3v) is 3.17. The smallest absolute Gasteiger partial charge is 0.122 e. The number of hydrogen-bond donors (Lipinski definition) is 1. The maximum atomic E-state index is 5.68. The second-order valence-electron chi connectivity index (χ2n) is 4.45. The van der Waals surface area contributed by atoms with E-state index in [2.05, 4.69) is 25.1 Å². The molecule has 0 saturated carbocycles. The van der Waals surface area contributed by atoms with Crippen molar-refractivity contribution in [1.82, 2.24) is 0 Å². The van der Waals surface area contributed by atoms with Crippen LogP contribution in [0.25, 0.3) is 0 Å². The van der Waals surface area contributed by atoms with Crippen LogP contribution in [0.1, 0.15) is 31.2 Å². The zero-order valence-corrected chi connectivity index (χ0v) is 9.28. The summed E-state index contributed by atoms with van der Waals surface area (Å²) >= 11 is 0. The van der Waals surface area contributed by atoms with Gasteiger partial charge in [0.25, 0.3) is 0 Å². The largest absolute Gasteiger partial charge is 0.493 e. The highest BCUT2D eigenvalue weighted by Crippen LogP contribution is 2.36. The van der Waals surface area contributed by atoms with E-state index in [1.165, 1.54) is 12.0 Å². The average Bonchev–Trinajstić information content (AvgIpc) is 2.29. The Morgan fingerprint density at radius 3 is 3.07 bits per heavy atom. The molecule has 0 spiro atoms. The topological polar surface area (TPSA) is 35.2 Å². The molecule has 2 nitrogen and oxygen atoms in total. The minimum Gasteiger partial charge on any atom is -0.493 e. The van der Waals surface area contributed by atoms with Crippen molar-refractivity contribution in [2.45, 2.75) is 25.7 Å². The highest BCUT2D eigenvalue weighted by molar-refractivity contribution is 5.37. The highest BCUT2D eigenvalue weighted by atomic mass is 16.5. The molecule has 82 valence electrons. The van der Waals surface area contributed by atoms with Crippen LogP contribution in [-0.2, 0) is 0 Å². The summed E-state index contributed by atoms with van der Waals surface area (Å²) in [5.41, 5.74) is 7.04. The third-order valence-electron chi connectivity index (χ3n) is 3.17. The zero-order chi connectivity index (χ0) is 10.7. The first-order chi connectivity index (χ1) is 7.31. The molecular formula is C13H19NO. The first-order valence-electron chi connectivity index (χ1n) is 5.73. The van der Waals surface area contributed by atoms with Crippen LogP contribution in [-0.4, -0.2) is 13.2 Å². The molecule has 1 aromatic carbocycles. The summed E-state index contributed by atoms with van der Waals surface area (Å²) < 4.78 is 5.64. The van der Waals surface area contributed by atoms with Crippen molar-refractivity contribution in [3.8, 4) is 5.75 Å². The molecule has 0 bridgehead atoms. The quantitative estimate of drug-likeness (QED) is 0.823. The van der Waals surface area contributed by atoms with Crippen LogP contribution >= 0.6 is 0 Å². The van der Waals surface area contributed by atoms with Crippen molar-refractivity contribution in [2.24, 2.45) is 11.7 Å². The summed E-state index contributed by atoms with van der Waals surface area (Å²) in [5, 5.41) is 0. The van der Waals surface area contributed by atoms with Crippen LogP contribution in [0.5, 0.6) is 5.75 Å². The van der Waals surface area contributed by atoms with Crippen LogP contribution in [0, 0.1) is 5.92 Å². The Hall–Kier alpha value is -1.02. The Labute approximate surface area is 91.4 Å². The average molecular weight is 205 g/mol. The molecule has 2 N–H and O–H groups in total. The van der Waals surface area contributed by atoms with E-state index >= 15 is 0 Å². The van der Waals surface area contributed by atoms with Crippen molar-refractivity contribution >= 4 is 0 Å². The molecule has 15 heavy (non-hydrogen) atoms. The number of fused-ring (bicyclic) bond motifs is 1. The molecule has 2 heteroatoms. The number of benzene rings is 1. The molecule has 2 atom stereocenters. The molecule has 0 radical (unpaired) electrons. The van der Waals surface area contributed by atoms with Gasteiger partial charge in [0.15, 0.2) is 0 Å². The molecule has 0 amide bonds. The predicted octanol–water partition coefficient (Wildman–Crippen LogP) is 2.54. The van der Waals surface area contributed by atoms with Gasteiger partial charge in [0, 0.05) is 0 Å². The molecule has 0 saturated heterocycles. The van der Waals surface area contributed by atoms with Crippen LogP contribution in [0.3, 0.4) is 0 Å². The van der Waals surface area contributed by atoms with Gasteiger partial charge in [-0.15, -0.1) is 0 Å².